The molecule has 7 rings (SSSR count). The molecule has 0 aromatic carbocycles. The van der Waals surface area contributed by atoms with Gasteiger partial charge in [0, 0.05) is 7.11 Å². The van der Waals surface area contributed by atoms with E-state index in [-0.39, 0.29) is 28.4 Å². The summed E-state index contributed by atoms with van der Waals surface area (Å²) in [6.07, 6.45) is -6.12. The summed E-state index contributed by atoms with van der Waals surface area (Å²) in [5.41, 5.74) is 9.82. The maximum atomic E-state index is 16.0. The van der Waals surface area contributed by atoms with Gasteiger partial charge in [-0.05, 0) is 18.7 Å². The van der Waals surface area contributed by atoms with Crippen molar-refractivity contribution in [2.75, 3.05) is 31.8 Å². The summed E-state index contributed by atoms with van der Waals surface area (Å²) in [4.78, 5) is 46.5. The second-order valence-corrected chi connectivity index (χ2v) is 16.7. The zero-order valence-corrected chi connectivity index (χ0v) is 27.7. The molecule has 0 aliphatic carbocycles. The molecule has 4 aromatic heterocycles. The van der Waals surface area contributed by atoms with Crippen LogP contribution in [0.2, 0.25) is 0 Å². The van der Waals surface area contributed by atoms with Crippen LogP contribution in [0.5, 0.6) is 0 Å². The third kappa shape index (κ3) is 5.77. The molecule has 3 aliphatic heterocycles. The summed E-state index contributed by atoms with van der Waals surface area (Å²) in [5, 5.41) is 0. The number of aromatic nitrogens is 8. The van der Waals surface area contributed by atoms with Crippen LogP contribution < -0.4 is 17.0 Å². The molecule has 2 bridgehead atoms. The molecule has 4 aromatic rings. The fourth-order valence-corrected chi connectivity index (χ4v) is 8.73. The van der Waals surface area contributed by atoms with Gasteiger partial charge in [0.1, 0.15) is 41.9 Å². The molecule has 7 heterocycles. The molecule has 3 aliphatic rings. The summed E-state index contributed by atoms with van der Waals surface area (Å²) >= 11 is 9.45. The lowest BCUT2D eigenvalue weighted by Gasteiger charge is -2.33. The summed E-state index contributed by atoms with van der Waals surface area (Å²) < 4.78 is 73.3. The number of methoxy groups -OCH3 is 1. The normalized spacial score (nSPS) is 38.2. The third-order valence-corrected chi connectivity index (χ3v) is 11.0. The minimum Gasteiger partial charge on any atom is -0.382 e. The van der Waals surface area contributed by atoms with Crippen LogP contribution in [0, 0.1) is 0 Å². The summed E-state index contributed by atoms with van der Waals surface area (Å²) in [5.74, 6) is -0.120. The fraction of sp³-hybridized carbons (Fsp3) is 0.545. The molecule has 0 amide bonds. The van der Waals surface area contributed by atoms with Crippen molar-refractivity contribution in [3.8, 4) is 0 Å². The minimum atomic E-state index is -4.35. The number of nitrogens with one attached hydrogen (secondary N) is 1. The van der Waals surface area contributed by atoms with Gasteiger partial charge in [0.05, 0.1) is 25.9 Å². The fourth-order valence-electron chi connectivity index (χ4n) is 5.74. The van der Waals surface area contributed by atoms with Crippen LogP contribution in [-0.4, -0.2) is 100 Å². The van der Waals surface area contributed by atoms with Gasteiger partial charge in [-0.2, -0.15) is 4.98 Å². The smallest absolute Gasteiger partial charge is 0.382 e. The molecule has 47 heavy (non-hydrogen) atoms. The van der Waals surface area contributed by atoms with Crippen LogP contribution in [0.15, 0.2) is 23.8 Å². The number of imidazole rings is 2. The second-order valence-electron chi connectivity index (χ2n) is 11.0. The predicted octanol–water partition coefficient (Wildman–Crippen LogP) is 0.734. The molecule has 10 atom stereocenters. The van der Waals surface area contributed by atoms with Gasteiger partial charge in [-0.3, -0.25) is 32.5 Å². The lowest BCUT2D eigenvalue weighted by atomic mass is 9.98. The number of ether oxygens (including phenoxy) is 3. The molecule has 254 valence electrons. The number of anilines is 2. The van der Waals surface area contributed by atoms with Gasteiger partial charge >= 0.3 is 13.5 Å². The Morgan fingerprint density at radius 1 is 1.15 bits per heavy atom. The van der Waals surface area contributed by atoms with Crippen molar-refractivity contribution in [1.29, 1.82) is 0 Å². The Kier molecular flexibility index (Phi) is 8.21. The molecule has 0 radical (unpaired) electrons. The maximum Gasteiger partial charge on any atom is 0.386 e. The Hall–Kier alpha value is -2.66. The third-order valence-electron chi connectivity index (χ3n) is 7.91. The quantitative estimate of drug-likeness (QED) is 0.143. The van der Waals surface area contributed by atoms with E-state index >= 15 is 4.39 Å². The molecule has 6 N–H and O–H groups in total. The lowest BCUT2D eigenvalue weighted by molar-refractivity contribution is -0.113. The number of nitrogens with two attached hydrogens (primary N) is 2. The lowest BCUT2D eigenvalue weighted by Crippen LogP contribution is -2.46. The molecule has 25 heteroatoms. The van der Waals surface area contributed by atoms with Gasteiger partial charge in [0.25, 0.3) is 5.56 Å². The van der Waals surface area contributed by atoms with Gasteiger partial charge in [-0.15, -0.1) is 0 Å². The van der Waals surface area contributed by atoms with Crippen LogP contribution in [0.3, 0.4) is 0 Å². The number of hydrogen-bond donors (Lipinski definition) is 5. The largest absolute Gasteiger partial charge is 0.386 e. The Bertz CT molecular complexity index is 2020. The number of aromatic amines is 1. The first-order chi connectivity index (χ1) is 22.2. The highest BCUT2D eigenvalue weighted by atomic mass is 32.7. The number of thiol groups is 1. The average Bonchev–Trinajstić information content (AvgIpc) is 3.75. The van der Waals surface area contributed by atoms with Crippen molar-refractivity contribution in [3.63, 3.8) is 0 Å². The summed E-state index contributed by atoms with van der Waals surface area (Å²) in [7, 11) is 1.36. The van der Waals surface area contributed by atoms with Crippen LogP contribution in [-0.2, 0) is 48.7 Å². The molecule has 3 fully saturated rings. The average molecular weight is 737 g/mol. The van der Waals surface area contributed by atoms with Gasteiger partial charge in [0.2, 0.25) is 5.95 Å². The van der Waals surface area contributed by atoms with Crippen LogP contribution in [0.25, 0.3) is 22.3 Å². The van der Waals surface area contributed by atoms with Gasteiger partial charge in [-0.25, -0.2) is 28.9 Å². The van der Waals surface area contributed by atoms with Crippen molar-refractivity contribution in [2.45, 2.75) is 55.6 Å². The zero-order chi connectivity index (χ0) is 33.5. The predicted molar refractivity (Wildman–Crippen MR) is 165 cm³/mol. The van der Waals surface area contributed by atoms with E-state index in [9.17, 15) is 14.3 Å². The van der Waals surface area contributed by atoms with E-state index in [0.29, 0.717) is 5.65 Å². The minimum absolute atomic E-state index is 0.0690. The van der Waals surface area contributed by atoms with Crippen LogP contribution in [0.4, 0.5) is 16.2 Å². The number of fused-ring (bicyclic) bond motifs is 5. The van der Waals surface area contributed by atoms with Gasteiger partial charge in [-0.1, -0.05) is 12.2 Å². The number of rotatable bonds is 3. The standard InChI is InChI=1S/C22H27FN10O10P2S2/c1-22-4-39-45(36,47)42-12-9(23)8(40-19(12)33-7-29-11-17(33)30-21(25)31-18(11)34)3-38-44(35,46)43-14(22)13(37-2)20(41-22)32-6-28-10-15(24)26-5-27-16(10)32/h5-9,12-14,19-20H,3-4H2,1-2H3,(H,35,46)(H,36,47)(H2,24,26,27)(H3,25,30,31,34)/t8-,9-,12-,13-,14+,19-,20-,22-,44?,45?/m1/s1. The van der Waals surface area contributed by atoms with Crippen molar-refractivity contribution >= 4 is 71.7 Å². The molecule has 0 spiro atoms. The highest BCUT2D eigenvalue weighted by Gasteiger charge is 2.59. The number of H-pyrrole nitrogens is 1. The Balaban J connectivity index is 1.24. The van der Waals surface area contributed by atoms with Crippen molar-refractivity contribution in [1.82, 2.24) is 39.0 Å². The SMILES string of the molecule is CO[C@H]1[C@H](n2cnc3c(N)ncnc32)O[C@]2(C)COP(O)(=S)O[C@@H]3[C@H](F)[C@@H](COP(=O)(S)O[C@@H]12)O[C@H]3n1cnc2c(=O)[nH]c(N)nc21. The Morgan fingerprint density at radius 3 is 2.62 bits per heavy atom. The van der Waals surface area contributed by atoms with E-state index in [1.165, 1.54) is 35.8 Å². The van der Waals surface area contributed by atoms with E-state index in [0.717, 1.165) is 6.33 Å². The van der Waals surface area contributed by atoms with E-state index in [1.54, 1.807) is 0 Å². The maximum absolute atomic E-state index is 16.0. The first-order valence-electron chi connectivity index (χ1n) is 13.7. The number of nitrogens with zero attached hydrogens (tertiary/aromatic N) is 7. The monoisotopic (exact) mass is 736 g/mol. The summed E-state index contributed by atoms with van der Waals surface area (Å²) in [6.45, 7) is -8.36. The van der Waals surface area contributed by atoms with Gasteiger partial charge in [0.15, 0.2) is 41.3 Å². The number of halogens is 1. The molecular formula is C22H27FN10O10P2S2. The highest BCUT2D eigenvalue weighted by Crippen LogP contribution is 2.60. The van der Waals surface area contributed by atoms with Crippen molar-refractivity contribution in [3.05, 3.63) is 29.3 Å². The van der Waals surface area contributed by atoms with Crippen molar-refractivity contribution < 1.29 is 46.2 Å². The van der Waals surface area contributed by atoms with Crippen LogP contribution >= 0.6 is 25.8 Å². The van der Waals surface area contributed by atoms with Crippen LogP contribution in [0.1, 0.15) is 19.4 Å². The second kappa shape index (κ2) is 11.7. The number of alkyl halides is 1. The first-order valence-corrected chi connectivity index (χ1v) is 19.0. The first kappa shape index (κ1) is 32.9. The molecule has 2 unspecified atom stereocenters. The topological polar surface area (TPSA) is 261 Å². The summed E-state index contributed by atoms with van der Waals surface area (Å²) in [6, 6.07) is 0. The van der Waals surface area contributed by atoms with E-state index in [1.807, 2.05) is 0 Å². The van der Waals surface area contributed by atoms with E-state index in [2.05, 4.69) is 42.2 Å². The Morgan fingerprint density at radius 2 is 1.87 bits per heavy atom. The highest BCUT2D eigenvalue weighted by molar-refractivity contribution is 8.44. The van der Waals surface area contributed by atoms with E-state index in [4.69, 9.17) is 55.6 Å². The molecular weight excluding hydrogens is 709 g/mol. The zero-order valence-electron chi connectivity index (χ0n) is 24.2. The molecule has 0 saturated carbocycles. The van der Waals surface area contributed by atoms with E-state index < -0.39 is 80.9 Å². The number of nitrogen functional groups attached to an aromatic ring is 2. The number of hydrogen-bond acceptors (Lipinski definition) is 17. The van der Waals surface area contributed by atoms with Crippen molar-refractivity contribution in [2.24, 2.45) is 0 Å². The molecule has 3 saturated heterocycles. The van der Waals surface area contributed by atoms with Gasteiger partial charge < -0.3 is 35.1 Å². The Labute approximate surface area is 273 Å². The molecule has 20 nitrogen and oxygen atoms in total.